The number of carbonyl (C=O) groups excluding carboxylic acids is 5. The maximum atomic E-state index is 12.7. The number of aliphatic hydroxyl groups is 1. The zero-order chi connectivity index (χ0) is 31.2. The van der Waals surface area contributed by atoms with E-state index >= 15 is 0 Å². The van der Waals surface area contributed by atoms with Crippen LogP contribution in [0.1, 0.15) is 81.6 Å². The quantitative estimate of drug-likeness (QED) is 0.281. The van der Waals surface area contributed by atoms with Crippen LogP contribution in [-0.4, -0.2) is 71.1 Å². The van der Waals surface area contributed by atoms with Crippen LogP contribution in [0.25, 0.3) is 0 Å². The van der Waals surface area contributed by atoms with Gasteiger partial charge < -0.3 is 28.8 Å². The van der Waals surface area contributed by atoms with Crippen molar-refractivity contribution in [3.63, 3.8) is 0 Å². The summed E-state index contributed by atoms with van der Waals surface area (Å²) in [6.45, 7) is 17.2. The van der Waals surface area contributed by atoms with Crippen LogP contribution in [0.15, 0.2) is 23.3 Å². The van der Waals surface area contributed by atoms with Crippen molar-refractivity contribution in [3.05, 3.63) is 23.3 Å². The molecule has 0 aromatic carbocycles. The number of hydrogen-bond acceptors (Lipinski definition) is 11. The highest BCUT2D eigenvalue weighted by molar-refractivity contribution is 5.70. The van der Waals surface area contributed by atoms with Gasteiger partial charge in [0.05, 0.1) is 11.0 Å². The van der Waals surface area contributed by atoms with Crippen molar-refractivity contribution in [2.45, 2.75) is 118 Å². The zero-order valence-corrected chi connectivity index (χ0v) is 25.3. The second-order valence-corrected chi connectivity index (χ2v) is 12.2. The topological polar surface area (TPSA) is 152 Å². The van der Waals surface area contributed by atoms with Crippen molar-refractivity contribution in [2.75, 3.05) is 0 Å². The Labute approximate surface area is 240 Å². The second kappa shape index (κ2) is 11.2. The number of carbonyl (C=O) groups is 5. The first-order valence-electron chi connectivity index (χ1n) is 13.7. The van der Waals surface area contributed by atoms with E-state index in [0.717, 1.165) is 0 Å². The van der Waals surface area contributed by atoms with Crippen LogP contribution < -0.4 is 0 Å². The van der Waals surface area contributed by atoms with Gasteiger partial charge in [-0.3, -0.25) is 24.0 Å². The van der Waals surface area contributed by atoms with Gasteiger partial charge in [0.25, 0.3) is 0 Å². The van der Waals surface area contributed by atoms with Crippen molar-refractivity contribution >= 4 is 29.8 Å². The molecule has 0 heterocycles. The number of hydrogen-bond donors (Lipinski definition) is 1. The molecule has 0 amide bonds. The Morgan fingerprint density at radius 3 is 1.76 bits per heavy atom. The minimum absolute atomic E-state index is 0.0270. The van der Waals surface area contributed by atoms with Crippen LogP contribution in [0.5, 0.6) is 0 Å². The standard InChI is InChI=1S/C30H42O11/c1-14-21-12-30(28(8,9)36)13-23(38-17(4)32)15(2)25(30)26(40-19(6)34)27(41-20(7)35)29(21,10)24(39-18(5)33)11-22(14)37-16(3)31/h21-24,26-27,36H,1,11-13H2,2-10H3/t21-,22?,23?,24?,26?,27?,29+,30-/m1/s1. The lowest BCUT2D eigenvalue weighted by Gasteiger charge is -2.53. The van der Waals surface area contributed by atoms with Crippen molar-refractivity contribution in [1.29, 1.82) is 0 Å². The second-order valence-electron chi connectivity index (χ2n) is 12.2. The first-order chi connectivity index (χ1) is 18.8. The first kappa shape index (κ1) is 32.3. The van der Waals surface area contributed by atoms with E-state index in [-0.39, 0.29) is 19.3 Å². The van der Waals surface area contributed by atoms with Gasteiger partial charge in [-0.15, -0.1) is 0 Å². The van der Waals surface area contributed by atoms with Crippen molar-refractivity contribution < 1.29 is 52.8 Å². The molecule has 41 heavy (non-hydrogen) atoms. The van der Waals surface area contributed by atoms with Gasteiger partial charge in [0.2, 0.25) is 0 Å². The van der Waals surface area contributed by atoms with Crippen LogP contribution in [0.3, 0.4) is 0 Å². The summed E-state index contributed by atoms with van der Waals surface area (Å²) in [4.78, 5) is 61.8. The van der Waals surface area contributed by atoms with E-state index in [4.69, 9.17) is 23.7 Å². The van der Waals surface area contributed by atoms with Crippen LogP contribution in [0.2, 0.25) is 0 Å². The maximum absolute atomic E-state index is 12.7. The molecule has 0 aromatic rings. The molecule has 0 aliphatic heterocycles. The lowest BCUT2D eigenvalue weighted by Crippen LogP contribution is -2.60. The van der Waals surface area contributed by atoms with Crippen molar-refractivity contribution in [2.24, 2.45) is 16.7 Å². The summed E-state index contributed by atoms with van der Waals surface area (Å²) in [7, 11) is 0. The average molecular weight is 579 g/mol. The SMILES string of the molecule is C=C1C(OC(C)=O)CC(OC(C)=O)[C@@]2(C)C(OC(C)=O)C(OC(C)=O)C3=C(C)C(OC(C)=O)C[C@]3(C(C)(C)O)C[C@H]12. The van der Waals surface area contributed by atoms with Gasteiger partial charge in [0.1, 0.15) is 18.3 Å². The number of fused-ring (bicyclic) bond motifs is 2. The molecule has 0 spiro atoms. The lowest BCUT2D eigenvalue weighted by atomic mass is 9.56. The third kappa shape index (κ3) is 5.78. The predicted octanol–water partition coefficient (Wildman–Crippen LogP) is 3.11. The molecule has 0 bridgehead atoms. The van der Waals surface area contributed by atoms with E-state index in [1.807, 2.05) is 0 Å². The molecule has 5 unspecified atom stereocenters. The fourth-order valence-electron chi connectivity index (χ4n) is 7.35. The Morgan fingerprint density at radius 2 is 1.29 bits per heavy atom. The van der Waals surface area contributed by atoms with Crippen LogP contribution in [-0.2, 0) is 47.7 Å². The van der Waals surface area contributed by atoms with Gasteiger partial charge in [-0.05, 0) is 49.8 Å². The lowest BCUT2D eigenvalue weighted by molar-refractivity contribution is -0.203. The van der Waals surface area contributed by atoms with Crippen molar-refractivity contribution in [3.8, 4) is 0 Å². The van der Waals surface area contributed by atoms with E-state index in [9.17, 15) is 29.1 Å². The Balaban J connectivity index is 2.45. The summed E-state index contributed by atoms with van der Waals surface area (Å²) in [5, 5.41) is 11.9. The minimum Gasteiger partial charge on any atom is -0.462 e. The van der Waals surface area contributed by atoms with E-state index in [1.54, 1.807) is 27.7 Å². The molecule has 1 N–H and O–H groups in total. The average Bonchev–Trinajstić information content (AvgIpc) is 3.02. The molecule has 3 rings (SSSR count). The van der Waals surface area contributed by atoms with Gasteiger partial charge in [-0.25, -0.2) is 0 Å². The van der Waals surface area contributed by atoms with Crippen LogP contribution >= 0.6 is 0 Å². The number of rotatable bonds is 6. The van der Waals surface area contributed by atoms with E-state index in [0.29, 0.717) is 16.7 Å². The predicted molar refractivity (Wildman–Crippen MR) is 144 cm³/mol. The zero-order valence-electron chi connectivity index (χ0n) is 25.3. The molecule has 0 radical (unpaired) electrons. The molecule has 2 fully saturated rings. The monoisotopic (exact) mass is 578 g/mol. The summed E-state index contributed by atoms with van der Waals surface area (Å²) in [6, 6.07) is 0. The van der Waals surface area contributed by atoms with Gasteiger partial charge in [-0.2, -0.15) is 0 Å². The summed E-state index contributed by atoms with van der Waals surface area (Å²) >= 11 is 0. The van der Waals surface area contributed by atoms with Gasteiger partial charge >= 0.3 is 29.8 Å². The van der Waals surface area contributed by atoms with Gasteiger partial charge in [-0.1, -0.05) is 13.5 Å². The highest BCUT2D eigenvalue weighted by Gasteiger charge is 2.69. The minimum atomic E-state index is -1.49. The molecule has 3 aliphatic rings. The fraction of sp³-hybridized carbons (Fsp3) is 0.700. The third-order valence-corrected chi connectivity index (χ3v) is 9.10. The molecule has 0 aromatic heterocycles. The van der Waals surface area contributed by atoms with Gasteiger partial charge in [0.15, 0.2) is 12.2 Å². The van der Waals surface area contributed by atoms with E-state index in [2.05, 4.69) is 6.58 Å². The number of esters is 5. The highest BCUT2D eigenvalue weighted by Crippen LogP contribution is 2.65. The molecule has 8 atom stereocenters. The molecule has 3 aliphatic carbocycles. The summed E-state index contributed by atoms with van der Waals surface area (Å²) in [5.74, 6) is -3.75. The van der Waals surface area contributed by atoms with E-state index in [1.165, 1.54) is 34.6 Å². The molecular weight excluding hydrogens is 536 g/mol. The smallest absolute Gasteiger partial charge is 0.303 e. The summed E-state index contributed by atoms with van der Waals surface area (Å²) in [5.41, 5.74) is -2.44. The largest absolute Gasteiger partial charge is 0.462 e. The number of ether oxygens (including phenoxy) is 5. The Kier molecular flexibility index (Phi) is 8.85. The highest BCUT2D eigenvalue weighted by atomic mass is 16.6. The van der Waals surface area contributed by atoms with Gasteiger partial charge in [0, 0.05) is 52.9 Å². The Morgan fingerprint density at radius 1 is 0.805 bits per heavy atom. The molecule has 0 saturated heterocycles. The summed E-state index contributed by atoms with van der Waals surface area (Å²) in [6.07, 6.45) is -4.74. The third-order valence-electron chi connectivity index (χ3n) is 9.10. The molecule has 11 heteroatoms. The summed E-state index contributed by atoms with van der Waals surface area (Å²) < 4.78 is 29.1. The van der Waals surface area contributed by atoms with E-state index < -0.39 is 82.7 Å². The molecular formula is C30H42O11. The Hall–Kier alpha value is -3.21. The Bertz CT molecular complexity index is 1180. The molecule has 11 nitrogen and oxygen atoms in total. The van der Waals surface area contributed by atoms with Crippen LogP contribution in [0, 0.1) is 16.7 Å². The van der Waals surface area contributed by atoms with Crippen LogP contribution in [0.4, 0.5) is 0 Å². The van der Waals surface area contributed by atoms with Crippen molar-refractivity contribution in [1.82, 2.24) is 0 Å². The molecule has 2 saturated carbocycles. The fourth-order valence-corrected chi connectivity index (χ4v) is 7.35. The maximum Gasteiger partial charge on any atom is 0.303 e. The molecule has 228 valence electrons. The first-order valence-corrected chi connectivity index (χ1v) is 13.7. The normalized spacial score (nSPS) is 34.9.